The van der Waals surface area contributed by atoms with Crippen LogP contribution in [0.5, 0.6) is 0 Å². The molecule has 16 heavy (non-hydrogen) atoms. The molecule has 0 aliphatic carbocycles. The van der Waals surface area contributed by atoms with Gasteiger partial charge >= 0.3 is 6.03 Å². The molecule has 1 aliphatic heterocycles. The van der Waals surface area contributed by atoms with Crippen molar-refractivity contribution >= 4 is 27.9 Å². The first-order valence-electron chi connectivity index (χ1n) is 5.18. The van der Waals surface area contributed by atoms with Gasteiger partial charge in [0.2, 0.25) is 5.91 Å². The van der Waals surface area contributed by atoms with E-state index in [4.69, 9.17) is 0 Å². The number of nitrogens with zero attached hydrogens (tertiary/aromatic N) is 1. The summed E-state index contributed by atoms with van der Waals surface area (Å²) in [6.45, 7) is 6.93. The van der Waals surface area contributed by atoms with Crippen LogP contribution in [0.2, 0.25) is 0 Å². The van der Waals surface area contributed by atoms with Crippen LogP contribution in [-0.2, 0) is 4.79 Å². The molecule has 3 amide bonds. The van der Waals surface area contributed by atoms with E-state index in [9.17, 15) is 9.59 Å². The lowest BCUT2D eigenvalue weighted by atomic mass is 10.3. The number of amides is 3. The molecular weight excluding hydrogens is 274 g/mol. The van der Waals surface area contributed by atoms with E-state index >= 15 is 0 Å². The van der Waals surface area contributed by atoms with E-state index in [0.29, 0.717) is 24.1 Å². The zero-order valence-corrected chi connectivity index (χ0v) is 10.8. The smallest absolute Gasteiger partial charge is 0.318 e. The summed E-state index contributed by atoms with van der Waals surface area (Å²) in [7, 11) is 0. The number of carbonyl (C=O) groups excluding carboxylic acids is 2. The molecule has 1 saturated heterocycles. The van der Waals surface area contributed by atoms with Gasteiger partial charge < -0.3 is 15.5 Å². The molecule has 0 aromatic carbocycles. The van der Waals surface area contributed by atoms with Crippen molar-refractivity contribution in [1.29, 1.82) is 0 Å². The van der Waals surface area contributed by atoms with Crippen LogP contribution in [0.3, 0.4) is 0 Å². The number of rotatable bonds is 2. The lowest BCUT2D eigenvalue weighted by molar-refractivity contribution is -0.124. The Morgan fingerprint density at radius 2 is 2.44 bits per heavy atom. The van der Waals surface area contributed by atoms with E-state index in [2.05, 4.69) is 33.1 Å². The summed E-state index contributed by atoms with van der Waals surface area (Å²) in [5.41, 5.74) is 0. The van der Waals surface area contributed by atoms with E-state index in [1.165, 1.54) is 4.90 Å². The number of hydrogen-bond acceptors (Lipinski definition) is 2. The molecule has 1 heterocycles. The van der Waals surface area contributed by atoms with Crippen molar-refractivity contribution in [2.45, 2.75) is 19.4 Å². The molecule has 1 unspecified atom stereocenters. The zero-order chi connectivity index (χ0) is 12.1. The van der Waals surface area contributed by atoms with E-state index < -0.39 is 6.04 Å². The van der Waals surface area contributed by atoms with Gasteiger partial charge in [-0.1, -0.05) is 22.5 Å². The standard InChI is InChI=1S/C10H16BrN3O2/c1-7(11)6-13-10(16)14-5-3-4-12-9(15)8(14)2/h8H,1,3-6H2,2H3,(H,12,15)(H,13,16). The Morgan fingerprint density at radius 3 is 3.06 bits per heavy atom. The van der Waals surface area contributed by atoms with Gasteiger partial charge in [0.25, 0.3) is 0 Å². The number of urea groups is 1. The number of halogens is 1. The Labute approximate surface area is 103 Å². The molecule has 90 valence electrons. The van der Waals surface area contributed by atoms with Gasteiger partial charge in [0.15, 0.2) is 0 Å². The lowest BCUT2D eigenvalue weighted by Gasteiger charge is -2.25. The van der Waals surface area contributed by atoms with Crippen LogP contribution in [0.15, 0.2) is 11.1 Å². The Kier molecular flexibility index (Phi) is 4.79. The van der Waals surface area contributed by atoms with E-state index in [-0.39, 0.29) is 11.9 Å². The van der Waals surface area contributed by atoms with Crippen molar-refractivity contribution in [1.82, 2.24) is 15.5 Å². The third kappa shape index (κ3) is 3.52. The van der Waals surface area contributed by atoms with E-state index in [1.807, 2.05) is 0 Å². The van der Waals surface area contributed by atoms with Crippen LogP contribution in [0, 0.1) is 0 Å². The van der Waals surface area contributed by atoms with Crippen LogP contribution < -0.4 is 10.6 Å². The van der Waals surface area contributed by atoms with Crippen molar-refractivity contribution in [2.24, 2.45) is 0 Å². The summed E-state index contributed by atoms with van der Waals surface area (Å²) < 4.78 is 0.702. The predicted molar refractivity (Wildman–Crippen MR) is 65.3 cm³/mol. The second kappa shape index (κ2) is 5.89. The number of nitrogens with one attached hydrogen (secondary N) is 2. The highest BCUT2D eigenvalue weighted by Crippen LogP contribution is 2.06. The average molecular weight is 290 g/mol. The van der Waals surface area contributed by atoms with Crippen LogP contribution >= 0.6 is 15.9 Å². The van der Waals surface area contributed by atoms with Crippen LogP contribution in [-0.4, -0.2) is 42.5 Å². The highest BCUT2D eigenvalue weighted by molar-refractivity contribution is 9.11. The largest absolute Gasteiger partial charge is 0.354 e. The summed E-state index contributed by atoms with van der Waals surface area (Å²) in [6, 6.07) is -0.656. The number of hydrogen-bond donors (Lipinski definition) is 2. The van der Waals surface area contributed by atoms with Gasteiger partial charge in [0, 0.05) is 17.6 Å². The van der Waals surface area contributed by atoms with Crippen molar-refractivity contribution in [2.75, 3.05) is 19.6 Å². The van der Waals surface area contributed by atoms with E-state index in [0.717, 1.165) is 6.42 Å². The van der Waals surface area contributed by atoms with Gasteiger partial charge in [0.05, 0.1) is 6.54 Å². The fraction of sp³-hybridized carbons (Fsp3) is 0.600. The molecule has 0 aromatic heterocycles. The summed E-state index contributed by atoms with van der Waals surface area (Å²) in [5.74, 6) is -0.106. The average Bonchev–Trinajstić information content (AvgIpc) is 2.39. The van der Waals surface area contributed by atoms with Gasteiger partial charge in [-0.2, -0.15) is 0 Å². The normalized spacial score (nSPS) is 21.0. The Bertz CT molecular complexity index is 306. The molecule has 1 fully saturated rings. The Hall–Kier alpha value is -1.04. The first-order valence-corrected chi connectivity index (χ1v) is 5.97. The molecule has 1 aliphatic rings. The third-order valence-electron chi connectivity index (χ3n) is 2.41. The summed E-state index contributed by atoms with van der Waals surface area (Å²) >= 11 is 3.16. The predicted octanol–water partition coefficient (Wildman–Crippen LogP) is 0.815. The first kappa shape index (κ1) is 13.0. The second-order valence-electron chi connectivity index (χ2n) is 3.69. The molecular formula is C10H16BrN3O2. The van der Waals surface area contributed by atoms with Crippen molar-refractivity contribution in [3.05, 3.63) is 11.1 Å². The third-order valence-corrected chi connectivity index (χ3v) is 2.69. The minimum atomic E-state index is -0.425. The summed E-state index contributed by atoms with van der Waals surface area (Å²) in [4.78, 5) is 24.8. The van der Waals surface area contributed by atoms with Gasteiger partial charge in [-0.15, -0.1) is 0 Å². The SMILES string of the molecule is C=C(Br)CNC(=O)N1CCCNC(=O)C1C. The van der Waals surface area contributed by atoms with Crippen molar-refractivity contribution in [3.8, 4) is 0 Å². The van der Waals surface area contributed by atoms with Crippen molar-refractivity contribution < 1.29 is 9.59 Å². The number of carbonyl (C=O) groups is 2. The minimum Gasteiger partial charge on any atom is -0.354 e. The highest BCUT2D eigenvalue weighted by atomic mass is 79.9. The first-order chi connectivity index (χ1) is 7.52. The quantitative estimate of drug-likeness (QED) is 0.791. The highest BCUT2D eigenvalue weighted by Gasteiger charge is 2.27. The van der Waals surface area contributed by atoms with Crippen LogP contribution in [0.1, 0.15) is 13.3 Å². The minimum absolute atomic E-state index is 0.106. The topological polar surface area (TPSA) is 61.4 Å². The zero-order valence-electron chi connectivity index (χ0n) is 9.25. The monoisotopic (exact) mass is 289 g/mol. The van der Waals surface area contributed by atoms with Crippen LogP contribution in [0.25, 0.3) is 0 Å². The van der Waals surface area contributed by atoms with Crippen molar-refractivity contribution in [3.63, 3.8) is 0 Å². The second-order valence-corrected chi connectivity index (χ2v) is 4.81. The molecule has 5 nitrogen and oxygen atoms in total. The Balaban J connectivity index is 2.58. The maximum Gasteiger partial charge on any atom is 0.318 e. The van der Waals surface area contributed by atoms with Gasteiger partial charge in [0.1, 0.15) is 6.04 Å². The molecule has 0 aromatic rings. The molecule has 0 spiro atoms. The maximum atomic E-state index is 11.8. The molecule has 2 N–H and O–H groups in total. The molecule has 1 atom stereocenters. The molecule has 0 radical (unpaired) electrons. The molecule has 0 bridgehead atoms. The van der Waals surface area contributed by atoms with Gasteiger partial charge in [-0.25, -0.2) is 4.79 Å². The summed E-state index contributed by atoms with van der Waals surface area (Å²) in [6.07, 6.45) is 0.777. The molecule has 1 rings (SSSR count). The lowest BCUT2D eigenvalue weighted by Crippen LogP contribution is -2.49. The molecule has 0 saturated carbocycles. The van der Waals surface area contributed by atoms with Crippen LogP contribution in [0.4, 0.5) is 4.79 Å². The van der Waals surface area contributed by atoms with E-state index in [1.54, 1.807) is 6.92 Å². The maximum absolute atomic E-state index is 11.8. The fourth-order valence-corrected chi connectivity index (χ4v) is 1.63. The van der Waals surface area contributed by atoms with Gasteiger partial charge in [-0.3, -0.25) is 4.79 Å². The fourth-order valence-electron chi connectivity index (χ4n) is 1.49. The molecule has 6 heteroatoms. The van der Waals surface area contributed by atoms with Gasteiger partial charge in [-0.05, 0) is 13.3 Å². The summed E-state index contributed by atoms with van der Waals surface area (Å²) in [5, 5.41) is 5.45. The Morgan fingerprint density at radius 1 is 1.75 bits per heavy atom.